The van der Waals surface area contributed by atoms with Gasteiger partial charge in [-0.2, -0.15) is 0 Å². The van der Waals surface area contributed by atoms with Gasteiger partial charge in [0, 0.05) is 6.42 Å². The summed E-state index contributed by atoms with van der Waals surface area (Å²) in [6.45, 7) is 2.28. The van der Waals surface area contributed by atoms with Gasteiger partial charge < -0.3 is 10.1 Å². The first kappa shape index (κ1) is 23.6. The first-order valence-electron chi connectivity index (χ1n) is 12.4. The van der Waals surface area contributed by atoms with Crippen LogP contribution < -0.4 is 10.1 Å². The number of hydrogen-bond acceptors (Lipinski definition) is 3. The molecule has 0 atom stereocenters. The van der Waals surface area contributed by atoms with Crippen molar-refractivity contribution in [3.63, 3.8) is 0 Å². The van der Waals surface area contributed by atoms with E-state index in [-0.39, 0.29) is 5.91 Å². The van der Waals surface area contributed by atoms with Gasteiger partial charge in [-0.15, -0.1) is 0 Å². The molecule has 1 amide bonds. The Hall–Kier alpha value is -2.10. The molecule has 31 heavy (non-hydrogen) atoms. The van der Waals surface area contributed by atoms with Crippen molar-refractivity contribution < 1.29 is 14.3 Å². The van der Waals surface area contributed by atoms with Crippen LogP contribution in [0.2, 0.25) is 0 Å². The maximum absolute atomic E-state index is 12.1. The van der Waals surface area contributed by atoms with E-state index in [0.717, 1.165) is 36.5 Å². The van der Waals surface area contributed by atoms with Gasteiger partial charge in [0.15, 0.2) is 6.29 Å². The zero-order valence-corrected chi connectivity index (χ0v) is 19.1. The highest BCUT2D eigenvalue weighted by atomic mass is 16.5. The summed E-state index contributed by atoms with van der Waals surface area (Å²) in [6, 6.07) is 7.72. The van der Waals surface area contributed by atoms with Crippen LogP contribution in [0.5, 0.6) is 5.75 Å². The molecule has 0 aromatic heterocycles. The van der Waals surface area contributed by atoms with E-state index in [9.17, 15) is 9.59 Å². The van der Waals surface area contributed by atoms with Crippen molar-refractivity contribution in [2.45, 2.75) is 96.5 Å². The van der Waals surface area contributed by atoms with Crippen LogP contribution in [0.4, 0.5) is 0 Å². The van der Waals surface area contributed by atoms with Crippen molar-refractivity contribution >= 4 is 18.3 Å². The monoisotopic (exact) mass is 425 g/mol. The molecule has 0 spiro atoms. The Balaban J connectivity index is 0.000000610. The standard InChI is InChI=1S/C23H31NO3.C4H8/c25-17-20(24-23(26)15-12-18-6-4-5-7-18)16-19-10-13-22(14-11-19)27-21-8-2-1-3-9-21;1-4-2-3-4/h10-11,13-14,16-18,21H,1-9,12,15H2,(H,24,26);4H,2-3H2,1H3/b20-16-;. The molecule has 3 fully saturated rings. The van der Waals surface area contributed by atoms with E-state index in [4.69, 9.17) is 4.74 Å². The molecule has 0 saturated heterocycles. The van der Waals surface area contributed by atoms with Crippen LogP contribution in [-0.4, -0.2) is 18.3 Å². The maximum Gasteiger partial charge on any atom is 0.224 e. The summed E-state index contributed by atoms with van der Waals surface area (Å²) >= 11 is 0. The van der Waals surface area contributed by atoms with Crippen LogP contribution >= 0.6 is 0 Å². The quantitative estimate of drug-likeness (QED) is 0.385. The second kappa shape index (κ2) is 12.7. The summed E-state index contributed by atoms with van der Waals surface area (Å²) in [4.78, 5) is 23.4. The number of rotatable bonds is 8. The minimum Gasteiger partial charge on any atom is -0.490 e. The fraction of sp³-hybridized carbons (Fsp3) is 0.630. The molecule has 1 aromatic rings. The molecule has 4 nitrogen and oxygen atoms in total. The predicted octanol–water partition coefficient (Wildman–Crippen LogP) is 6.44. The first-order chi connectivity index (χ1) is 15.1. The molecule has 0 radical (unpaired) electrons. The maximum atomic E-state index is 12.1. The second-order valence-electron chi connectivity index (χ2n) is 9.58. The largest absolute Gasteiger partial charge is 0.490 e. The van der Waals surface area contributed by atoms with Crippen LogP contribution in [0.3, 0.4) is 0 Å². The second-order valence-corrected chi connectivity index (χ2v) is 9.58. The van der Waals surface area contributed by atoms with Crippen molar-refractivity contribution in [1.82, 2.24) is 5.32 Å². The fourth-order valence-electron chi connectivity index (χ4n) is 4.32. The number of carbonyl (C=O) groups is 2. The van der Waals surface area contributed by atoms with Gasteiger partial charge >= 0.3 is 0 Å². The molecule has 170 valence electrons. The molecule has 1 aromatic carbocycles. The van der Waals surface area contributed by atoms with Gasteiger partial charge in [0.05, 0.1) is 11.8 Å². The van der Waals surface area contributed by atoms with Gasteiger partial charge in [-0.1, -0.05) is 64.0 Å². The first-order valence-corrected chi connectivity index (χ1v) is 12.4. The highest BCUT2D eigenvalue weighted by Crippen LogP contribution is 2.28. The van der Waals surface area contributed by atoms with Gasteiger partial charge in [0.2, 0.25) is 5.91 Å². The van der Waals surface area contributed by atoms with Crippen LogP contribution in [-0.2, 0) is 9.59 Å². The smallest absolute Gasteiger partial charge is 0.224 e. The van der Waals surface area contributed by atoms with Crippen LogP contribution in [0.1, 0.15) is 96.0 Å². The number of ether oxygens (including phenoxy) is 1. The van der Waals surface area contributed by atoms with Gasteiger partial charge in [-0.05, 0) is 67.7 Å². The molecule has 0 aliphatic heterocycles. The lowest BCUT2D eigenvalue weighted by Gasteiger charge is -2.23. The summed E-state index contributed by atoms with van der Waals surface area (Å²) in [5.74, 6) is 2.56. The van der Waals surface area contributed by atoms with E-state index in [1.165, 1.54) is 57.8 Å². The molecule has 3 aliphatic carbocycles. The SMILES string of the molecule is CC1CC1.O=C/C(=C/c1ccc(OC2CCCCC2)cc1)NC(=O)CCC1CCCC1. The third kappa shape index (κ3) is 9.28. The zero-order valence-electron chi connectivity index (χ0n) is 19.1. The van der Waals surface area contributed by atoms with Gasteiger partial charge in [-0.25, -0.2) is 0 Å². The van der Waals surface area contributed by atoms with Crippen molar-refractivity contribution in [3.05, 3.63) is 35.5 Å². The molecule has 4 heteroatoms. The lowest BCUT2D eigenvalue weighted by Crippen LogP contribution is -2.23. The number of benzene rings is 1. The van der Waals surface area contributed by atoms with Gasteiger partial charge in [0.1, 0.15) is 5.75 Å². The lowest BCUT2D eigenvalue weighted by atomic mass is 9.98. The molecule has 3 saturated carbocycles. The van der Waals surface area contributed by atoms with Crippen LogP contribution in [0.15, 0.2) is 30.0 Å². The van der Waals surface area contributed by atoms with E-state index in [0.29, 0.717) is 30.4 Å². The van der Waals surface area contributed by atoms with Gasteiger partial charge in [0.25, 0.3) is 0 Å². The summed E-state index contributed by atoms with van der Waals surface area (Å²) in [6.07, 6.45) is 18.2. The number of carbonyl (C=O) groups excluding carboxylic acids is 2. The lowest BCUT2D eigenvalue weighted by molar-refractivity contribution is -0.121. The summed E-state index contributed by atoms with van der Waals surface area (Å²) < 4.78 is 6.03. The Morgan fingerprint density at radius 2 is 1.58 bits per heavy atom. The zero-order chi connectivity index (χ0) is 21.9. The van der Waals surface area contributed by atoms with Crippen LogP contribution in [0, 0.1) is 11.8 Å². The topological polar surface area (TPSA) is 55.4 Å². The average molecular weight is 426 g/mol. The predicted molar refractivity (Wildman–Crippen MR) is 126 cm³/mol. The highest BCUT2D eigenvalue weighted by Gasteiger charge is 2.17. The minimum atomic E-state index is -0.0718. The van der Waals surface area contributed by atoms with Crippen molar-refractivity contribution in [2.24, 2.45) is 11.8 Å². The molecular weight excluding hydrogens is 386 g/mol. The van der Waals surface area contributed by atoms with Crippen LogP contribution in [0.25, 0.3) is 6.08 Å². The summed E-state index contributed by atoms with van der Waals surface area (Å²) in [7, 11) is 0. The van der Waals surface area contributed by atoms with E-state index < -0.39 is 0 Å². The van der Waals surface area contributed by atoms with Crippen molar-refractivity contribution in [3.8, 4) is 5.75 Å². The highest BCUT2D eigenvalue weighted by molar-refractivity contribution is 5.89. The number of nitrogens with one attached hydrogen (secondary N) is 1. The molecule has 0 heterocycles. The Bertz CT molecular complexity index is 709. The molecule has 0 unspecified atom stereocenters. The average Bonchev–Trinajstić information content (AvgIpc) is 3.39. The fourth-order valence-corrected chi connectivity index (χ4v) is 4.32. The molecule has 3 aliphatic rings. The molecule has 4 rings (SSSR count). The van der Waals surface area contributed by atoms with E-state index in [1.54, 1.807) is 6.08 Å². The van der Waals surface area contributed by atoms with Gasteiger partial charge in [-0.3, -0.25) is 9.59 Å². The van der Waals surface area contributed by atoms with E-state index in [2.05, 4.69) is 12.2 Å². The Morgan fingerprint density at radius 1 is 0.968 bits per heavy atom. The Labute approximate surface area is 187 Å². The third-order valence-corrected chi connectivity index (χ3v) is 6.59. The summed E-state index contributed by atoms with van der Waals surface area (Å²) in [5, 5.41) is 2.74. The summed E-state index contributed by atoms with van der Waals surface area (Å²) in [5.41, 5.74) is 1.19. The van der Waals surface area contributed by atoms with E-state index >= 15 is 0 Å². The third-order valence-electron chi connectivity index (χ3n) is 6.59. The Kier molecular flexibility index (Phi) is 9.64. The number of hydrogen-bond donors (Lipinski definition) is 1. The van der Waals surface area contributed by atoms with Crippen molar-refractivity contribution in [1.29, 1.82) is 0 Å². The number of aldehydes is 1. The molecular formula is C27H39NO3. The Morgan fingerprint density at radius 3 is 2.16 bits per heavy atom. The van der Waals surface area contributed by atoms with Crippen molar-refractivity contribution in [2.75, 3.05) is 0 Å². The normalized spacial score (nSPS) is 20.0. The number of allylic oxidation sites excluding steroid dienone is 1. The number of amides is 1. The molecule has 0 bridgehead atoms. The van der Waals surface area contributed by atoms with E-state index in [1.807, 2.05) is 24.3 Å². The molecule has 1 N–H and O–H groups in total. The minimum absolute atomic E-state index is 0.0718.